The third kappa shape index (κ3) is 3.94. The lowest BCUT2D eigenvalue weighted by atomic mass is 10.0. The van der Waals surface area contributed by atoms with Gasteiger partial charge >= 0.3 is 0 Å². The van der Waals surface area contributed by atoms with Crippen LogP contribution in [0, 0.1) is 0 Å². The van der Waals surface area contributed by atoms with Crippen molar-refractivity contribution in [2.45, 2.75) is 32.4 Å². The topological polar surface area (TPSA) is 43.8 Å². The highest BCUT2D eigenvalue weighted by Gasteiger charge is 2.27. The minimum absolute atomic E-state index is 0.189. The van der Waals surface area contributed by atoms with Gasteiger partial charge in [-0.25, -0.2) is 0 Å². The summed E-state index contributed by atoms with van der Waals surface area (Å²) in [6.45, 7) is 6.91. The molecule has 1 amide bonds. The van der Waals surface area contributed by atoms with Crippen LogP contribution >= 0.6 is 0 Å². The van der Waals surface area contributed by atoms with Crippen molar-refractivity contribution < 1.29 is 9.90 Å². The average molecular weight is 326 g/mol. The Balaban J connectivity index is 1.62. The molecule has 3 rings (SSSR count). The molecular weight excluding hydrogens is 300 g/mol. The quantitative estimate of drug-likeness (QED) is 0.937. The number of amides is 1. The van der Waals surface area contributed by atoms with E-state index in [-0.39, 0.29) is 18.1 Å². The lowest BCUT2D eigenvalue weighted by Gasteiger charge is -2.40. The first-order valence-corrected chi connectivity index (χ1v) is 8.70. The van der Waals surface area contributed by atoms with E-state index in [1.165, 1.54) is 10.8 Å². The second kappa shape index (κ2) is 7.32. The summed E-state index contributed by atoms with van der Waals surface area (Å²) in [7, 11) is 0. The van der Waals surface area contributed by atoms with Crippen molar-refractivity contribution in [1.29, 1.82) is 0 Å². The number of hydrogen-bond donors (Lipinski definition) is 1. The molecule has 4 nitrogen and oxygen atoms in total. The number of aliphatic hydroxyl groups is 1. The second-order valence-corrected chi connectivity index (χ2v) is 6.89. The van der Waals surface area contributed by atoms with Crippen LogP contribution in [0.2, 0.25) is 0 Å². The van der Waals surface area contributed by atoms with E-state index in [9.17, 15) is 9.90 Å². The number of rotatable bonds is 4. The minimum atomic E-state index is -0.327. The molecule has 0 aromatic heterocycles. The monoisotopic (exact) mass is 326 g/mol. The Morgan fingerprint density at radius 1 is 1.21 bits per heavy atom. The summed E-state index contributed by atoms with van der Waals surface area (Å²) in [5.41, 5.74) is 1.07. The van der Waals surface area contributed by atoms with Gasteiger partial charge in [-0.3, -0.25) is 9.69 Å². The van der Waals surface area contributed by atoms with Gasteiger partial charge in [-0.15, -0.1) is 0 Å². The van der Waals surface area contributed by atoms with Gasteiger partial charge in [-0.2, -0.15) is 0 Å². The molecular formula is C20H26N2O2. The summed E-state index contributed by atoms with van der Waals surface area (Å²) in [5.74, 6) is 0.189. The number of benzene rings is 2. The van der Waals surface area contributed by atoms with Crippen molar-refractivity contribution in [2.75, 3.05) is 26.2 Å². The summed E-state index contributed by atoms with van der Waals surface area (Å²) in [6, 6.07) is 14.8. The second-order valence-electron chi connectivity index (χ2n) is 6.89. The van der Waals surface area contributed by atoms with Crippen LogP contribution in [0.5, 0.6) is 0 Å². The fourth-order valence-electron chi connectivity index (χ4n) is 3.47. The van der Waals surface area contributed by atoms with E-state index in [0.29, 0.717) is 13.0 Å². The number of piperazine rings is 1. The van der Waals surface area contributed by atoms with Gasteiger partial charge in [-0.05, 0) is 30.2 Å². The number of hydrogen-bond acceptors (Lipinski definition) is 3. The summed E-state index contributed by atoms with van der Waals surface area (Å²) < 4.78 is 0. The molecule has 1 aliphatic heterocycles. The molecule has 1 aliphatic rings. The highest BCUT2D eigenvalue weighted by molar-refractivity contribution is 5.85. The first-order chi connectivity index (χ1) is 11.5. The minimum Gasteiger partial charge on any atom is -0.392 e. The van der Waals surface area contributed by atoms with E-state index < -0.39 is 0 Å². The highest BCUT2D eigenvalue weighted by Crippen LogP contribution is 2.17. The number of β-amino-alcohol motifs (C(OH)–C–C–N with tert-alkyl or cyclic N) is 1. The molecule has 1 fully saturated rings. The molecule has 2 aromatic rings. The highest BCUT2D eigenvalue weighted by atomic mass is 16.3. The zero-order chi connectivity index (χ0) is 17.1. The van der Waals surface area contributed by atoms with Gasteiger partial charge < -0.3 is 10.0 Å². The molecule has 4 heteroatoms. The van der Waals surface area contributed by atoms with Crippen molar-refractivity contribution in [2.24, 2.45) is 0 Å². The summed E-state index contributed by atoms with van der Waals surface area (Å²) in [6.07, 6.45) is 0.126. The molecule has 0 unspecified atom stereocenters. The van der Waals surface area contributed by atoms with Crippen molar-refractivity contribution in [3.63, 3.8) is 0 Å². The zero-order valence-corrected chi connectivity index (χ0v) is 14.5. The molecule has 0 radical (unpaired) electrons. The number of nitrogens with zero attached hydrogens (tertiary/aromatic N) is 2. The van der Waals surface area contributed by atoms with E-state index in [0.717, 1.165) is 25.2 Å². The molecule has 1 heterocycles. The normalized spacial score (nSPS) is 20.3. The van der Waals surface area contributed by atoms with Gasteiger partial charge in [0.15, 0.2) is 0 Å². The van der Waals surface area contributed by atoms with Crippen molar-refractivity contribution in [1.82, 2.24) is 9.80 Å². The first-order valence-electron chi connectivity index (χ1n) is 8.70. The SMILES string of the molecule is C[C@@H](O)CN1CCN(C(=O)Cc2ccc3ccccc3c2)C[C@@H]1C. The van der Waals surface area contributed by atoms with Crippen molar-refractivity contribution in [3.05, 3.63) is 48.0 Å². The standard InChI is InChI=1S/C20H26N2O2/c1-15-13-22(10-9-21(15)14-16(2)23)20(24)12-17-7-8-18-5-3-4-6-19(18)11-17/h3-8,11,15-16,23H,9-10,12-14H2,1-2H3/t15-,16+/m0/s1. The third-order valence-electron chi connectivity index (χ3n) is 4.79. The van der Waals surface area contributed by atoms with Crippen LogP contribution in [-0.2, 0) is 11.2 Å². The van der Waals surface area contributed by atoms with Crippen LogP contribution in [-0.4, -0.2) is 59.1 Å². The predicted octanol–water partition coefficient (Wildman–Crippen LogP) is 2.30. The van der Waals surface area contributed by atoms with Crippen LogP contribution in [0.15, 0.2) is 42.5 Å². The number of carbonyl (C=O) groups is 1. The van der Waals surface area contributed by atoms with Gasteiger partial charge in [0.05, 0.1) is 12.5 Å². The van der Waals surface area contributed by atoms with E-state index >= 15 is 0 Å². The number of aliphatic hydroxyl groups excluding tert-OH is 1. The van der Waals surface area contributed by atoms with Crippen LogP contribution in [0.4, 0.5) is 0 Å². The molecule has 2 atom stereocenters. The Hall–Kier alpha value is -1.91. The smallest absolute Gasteiger partial charge is 0.227 e. The Morgan fingerprint density at radius 2 is 1.96 bits per heavy atom. The maximum absolute atomic E-state index is 12.6. The van der Waals surface area contributed by atoms with Crippen LogP contribution in [0.1, 0.15) is 19.4 Å². The predicted molar refractivity (Wildman–Crippen MR) is 96.9 cm³/mol. The third-order valence-corrected chi connectivity index (χ3v) is 4.79. The fourth-order valence-corrected chi connectivity index (χ4v) is 3.47. The van der Waals surface area contributed by atoms with Crippen LogP contribution in [0.3, 0.4) is 0 Å². The van der Waals surface area contributed by atoms with Crippen LogP contribution in [0.25, 0.3) is 10.8 Å². The van der Waals surface area contributed by atoms with E-state index in [1.807, 2.05) is 30.0 Å². The average Bonchev–Trinajstić information content (AvgIpc) is 2.56. The molecule has 0 saturated carbocycles. The Morgan fingerprint density at radius 3 is 2.67 bits per heavy atom. The largest absolute Gasteiger partial charge is 0.392 e. The molecule has 1 N–H and O–H groups in total. The maximum atomic E-state index is 12.6. The lowest BCUT2D eigenvalue weighted by molar-refractivity contribution is -0.133. The van der Waals surface area contributed by atoms with Gasteiger partial charge in [0.1, 0.15) is 0 Å². The van der Waals surface area contributed by atoms with E-state index in [4.69, 9.17) is 0 Å². The zero-order valence-electron chi connectivity index (χ0n) is 14.5. The molecule has 0 bridgehead atoms. The summed E-state index contributed by atoms with van der Waals surface area (Å²) in [5, 5.41) is 11.9. The van der Waals surface area contributed by atoms with Crippen LogP contribution < -0.4 is 0 Å². The Labute approximate surface area is 143 Å². The molecule has 2 aromatic carbocycles. The van der Waals surface area contributed by atoms with Gasteiger partial charge in [-0.1, -0.05) is 42.5 Å². The Bertz CT molecular complexity index is 714. The van der Waals surface area contributed by atoms with Gasteiger partial charge in [0.25, 0.3) is 0 Å². The molecule has 24 heavy (non-hydrogen) atoms. The molecule has 0 spiro atoms. The summed E-state index contributed by atoms with van der Waals surface area (Å²) >= 11 is 0. The van der Waals surface area contributed by atoms with E-state index in [1.54, 1.807) is 0 Å². The Kier molecular flexibility index (Phi) is 5.17. The number of fused-ring (bicyclic) bond motifs is 1. The number of carbonyl (C=O) groups excluding carboxylic acids is 1. The lowest BCUT2D eigenvalue weighted by Crippen LogP contribution is -2.55. The fraction of sp³-hybridized carbons (Fsp3) is 0.450. The van der Waals surface area contributed by atoms with Crippen molar-refractivity contribution in [3.8, 4) is 0 Å². The molecule has 1 saturated heterocycles. The van der Waals surface area contributed by atoms with Crippen molar-refractivity contribution >= 4 is 16.7 Å². The van der Waals surface area contributed by atoms with Gasteiger partial charge in [0.2, 0.25) is 5.91 Å². The first kappa shape index (κ1) is 16.9. The van der Waals surface area contributed by atoms with Gasteiger partial charge in [0, 0.05) is 32.2 Å². The van der Waals surface area contributed by atoms with E-state index in [2.05, 4.69) is 36.1 Å². The molecule has 128 valence electrons. The maximum Gasteiger partial charge on any atom is 0.227 e. The summed E-state index contributed by atoms with van der Waals surface area (Å²) in [4.78, 5) is 16.8. The molecule has 0 aliphatic carbocycles.